The van der Waals surface area contributed by atoms with Gasteiger partial charge < -0.3 is 10.2 Å². The molecular formula is C25H25F2N3O. The summed E-state index contributed by atoms with van der Waals surface area (Å²) in [6.45, 7) is 1.18. The minimum absolute atomic E-state index is 0.0416. The topological polar surface area (TPSA) is 45.2 Å². The molecule has 1 unspecified atom stereocenters. The molecule has 31 heavy (non-hydrogen) atoms. The molecule has 1 saturated heterocycles. The second kappa shape index (κ2) is 9.69. The molecule has 0 spiro atoms. The number of pyridine rings is 1. The number of aromatic nitrogens is 1. The average molecular weight is 421 g/mol. The van der Waals surface area contributed by atoms with Crippen LogP contribution in [-0.2, 0) is 6.54 Å². The lowest BCUT2D eigenvalue weighted by molar-refractivity contribution is 0.197. The molecule has 1 aromatic heterocycles. The third-order valence-corrected chi connectivity index (χ3v) is 5.87. The zero-order valence-electron chi connectivity index (χ0n) is 17.2. The van der Waals surface area contributed by atoms with E-state index in [0.29, 0.717) is 13.1 Å². The summed E-state index contributed by atoms with van der Waals surface area (Å²) in [4.78, 5) is 18.2. The molecule has 1 atom stereocenters. The summed E-state index contributed by atoms with van der Waals surface area (Å²) in [5.41, 5.74) is 3.05. The molecule has 160 valence electrons. The van der Waals surface area contributed by atoms with Crippen molar-refractivity contribution in [1.82, 2.24) is 15.2 Å². The molecule has 2 heterocycles. The fraction of sp³-hybridized carbons (Fsp3) is 0.280. The molecule has 4 nitrogen and oxygen atoms in total. The molecule has 1 fully saturated rings. The van der Waals surface area contributed by atoms with E-state index in [1.807, 2.05) is 17.0 Å². The second-order valence-electron chi connectivity index (χ2n) is 7.91. The van der Waals surface area contributed by atoms with Crippen LogP contribution in [0.3, 0.4) is 0 Å². The van der Waals surface area contributed by atoms with Crippen LogP contribution >= 0.6 is 0 Å². The lowest BCUT2D eigenvalue weighted by atomic mass is 9.86. The van der Waals surface area contributed by atoms with E-state index in [2.05, 4.69) is 10.3 Å². The van der Waals surface area contributed by atoms with Gasteiger partial charge in [-0.1, -0.05) is 30.7 Å². The zero-order chi connectivity index (χ0) is 21.6. The van der Waals surface area contributed by atoms with Crippen molar-refractivity contribution >= 4 is 6.03 Å². The lowest BCUT2D eigenvalue weighted by Gasteiger charge is -2.24. The van der Waals surface area contributed by atoms with Crippen molar-refractivity contribution in [3.63, 3.8) is 0 Å². The lowest BCUT2D eigenvalue weighted by Crippen LogP contribution is -2.33. The summed E-state index contributed by atoms with van der Waals surface area (Å²) in [5, 5.41) is 2.94. The maximum atomic E-state index is 13.4. The highest BCUT2D eigenvalue weighted by Gasteiger charge is 2.30. The fourth-order valence-corrected chi connectivity index (χ4v) is 4.20. The standard InChI is InChI=1S/C25H25F2N3O/c26-21-8-4-19(5-9-21)24(20-6-10-22(27)11-7-20)3-1-2-23-16-29-25(31)30(23)17-18-12-14-28-15-13-18/h4-15,23-24H,1-3,16-17H2,(H,29,31). The van der Waals surface area contributed by atoms with Crippen molar-refractivity contribution in [1.29, 1.82) is 0 Å². The van der Waals surface area contributed by atoms with E-state index in [1.165, 1.54) is 24.3 Å². The Morgan fingerprint density at radius 3 is 2.10 bits per heavy atom. The third kappa shape index (κ3) is 5.26. The molecule has 0 saturated carbocycles. The number of halogens is 2. The van der Waals surface area contributed by atoms with Gasteiger partial charge in [-0.2, -0.15) is 0 Å². The van der Waals surface area contributed by atoms with Gasteiger partial charge in [-0.3, -0.25) is 4.98 Å². The van der Waals surface area contributed by atoms with Crippen LogP contribution in [0.25, 0.3) is 0 Å². The molecule has 0 bridgehead atoms. The monoisotopic (exact) mass is 421 g/mol. The molecular weight excluding hydrogens is 396 g/mol. The van der Waals surface area contributed by atoms with E-state index in [1.54, 1.807) is 36.7 Å². The average Bonchev–Trinajstić information content (AvgIpc) is 3.13. The van der Waals surface area contributed by atoms with Crippen LogP contribution in [-0.4, -0.2) is 28.5 Å². The first-order valence-electron chi connectivity index (χ1n) is 10.5. The second-order valence-corrected chi connectivity index (χ2v) is 7.91. The predicted molar refractivity (Wildman–Crippen MR) is 115 cm³/mol. The quantitative estimate of drug-likeness (QED) is 0.540. The Kier molecular flexibility index (Phi) is 6.55. The Morgan fingerprint density at radius 2 is 1.52 bits per heavy atom. The van der Waals surface area contributed by atoms with Gasteiger partial charge >= 0.3 is 6.03 Å². The minimum Gasteiger partial charge on any atom is -0.336 e. The summed E-state index contributed by atoms with van der Waals surface area (Å²) >= 11 is 0. The molecule has 1 N–H and O–H groups in total. The first kappa shape index (κ1) is 21.0. The van der Waals surface area contributed by atoms with Crippen LogP contribution in [0.1, 0.15) is 41.9 Å². The molecule has 0 aliphatic carbocycles. The van der Waals surface area contributed by atoms with Crippen molar-refractivity contribution in [2.45, 2.75) is 37.8 Å². The van der Waals surface area contributed by atoms with Crippen molar-refractivity contribution in [3.8, 4) is 0 Å². The fourth-order valence-electron chi connectivity index (χ4n) is 4.20. The van der Waals surface area contributed by atoms with E-state index in [9.17, 15) is 13.6 Å². The number of carbonyl (C=O) groups is 1. The van der Waals surface area contributed by atoms with Gasteiger partial charge in [0.15, 0.2) is 0 Å². The summed E-state index contributed by atoms with van der Waals surface area (Å²) in [5.74, 6) is -0.507. The summed E-state index contributed by atoms with van der Waals surface area (Å²) in [6.07, 6.45) is 6.02. The van der Waals surface area contributed by atoms with Crippen LogP contribution in [0, 0.1) is 11.6 Å². The number of nitrogens with zero attached hydrogens (tertiary/aromatic N) is 2. The maximum absolute atomic E-state index is 13.4. The molecule has 1 aliphatic heterocycles. The highest BCUT2D eigenvalue weighted by atomic mass is 19.1. The first-order chi connectivity index (χ1) is 15.1. The van der Waals surface area contributed by atoms with Crippen molar-refractivity contribution in [2.75, 3.05) is 6.54 Å². The minimum atomic E-state index is -0.274. The van der Waals surface area contributed by atoms with Crippen LogP contribution < -0.4 is 5.32 Å². The van der Waals surface area contributed by atoms with E-state index < -0.39 is 0 Å². The summed E-state index contributed by atoms with van der Waals surface area (Å²) in [7, 11) is 0. The number of amides is 2. The Balaban J connectivity index is 1.43. The predicted octanol–water partition coefficient (Wildman–Crippen LogP) is 5.26. The number of rotatable bonds is 8. The zero-order valence-corrected chi connectivity index (χ0v) is 17.2. The van der Waals surface area contributed by atoms with Gasteiger partial charge in [-0.05, 0) is 65.9 Å². The van der Waals surface area contributed by atoms with Gasteiger partial charge in [0.2, 0.25) is 0 Å². The van der Waals surface area contributed by atoms with Gasteiger partial charge in [-0.15, -0.1) is 0 Å². The maximum Gasteiger partial charge on any atom is 0.318 e. The Bertz CT molecular complexity index is 948. The number of urea groups is 1. The number of nitrogens with one attached hydrogen (secondary N) is 1. The van der Waals surface area contributed by atoms with E-state index in [-0.39, 0.29) is 29.6 Å². The molecule has 3 aromatic rings. The SMILES string of the molecule is O=C1NCC(CCCC(c2ccc(F)cc2)c2ccc(F)cc2)N1Cc1ccncc1. The summed E-state index contributed by atoms with van der Waals surface area (Å²) in [6, 6.07) is 16.9. The highest BCUT2D eigenvalue weighted by molar-refractivity contribution is 5.76. The Hall–Kier alpha value is -3.28. The summed E-state index contributed by atoms with van der Waals surface area (Å²) < 4.78 is 26.8. The van der Waals surface area contributed by atoms with Crippen LogP contribution in [0.4, 0.5) is 13.6 Å². The number of hydrogen-bond donors (Lipinski definition) is 1. The molecule has 2 aromatic carbocycles. The molecule has 0 radical (unpaired) electrons. The van der Waals surface area contributed by atoms with Gasteiger partial charge in [0, 0.05) is 31.4 Å². The third-order valence-electron chi connectivity index (χ3n) is 5.87. The molecule has 2 amide bonds. The van der Waals surface area contributed by atoms with Crippen molar-refractivity contribution in [2.24, 2.45) is 0 Å². The molecule has 4 rings (SSSR count). The van der Waals surface area contributed by atoms with Gasteiger partial charge in [0.05, 0.1) is 6.04 Å². The number of benzene rings is 2. The normalized spacial score (nSPS) is 16.0. The number of carbonyl (C=O) groups excluding carboxylic acids is 1. The largest absolute Gasteiger partial charge is 0.336 e. The van der Waals surface area contributed by atoms with Crippen molar-refractivity contribution in [3.05, 3.63) is 101 Å². The molecule has 1 aliphatic rings. The first-order valence-corrected chi connectivity index (χ1v) is 10.5. The Labute approximate surface area is 180 Å². The van der Waals surface area contributed by atoms with Crippen LogP contribution in [0.15, 0.2) is 73.1 Å². The van der Waals surface area contributed by atoms with Crippen LogP contribution in [0.5, 0.6) is 0 Å². The van der Waals surface area contributed by atoms with E-state index in [0.717, 1.165) is 36.0 Å². The van der Waals surface area contributed by atoms with Gasteiger partial charge in [0.25, 0.3) is 0 Å². The smallest absolute Gasteiger partial charge is 0.318 e. The van der Waals surface area contributed by atoms with Gasteiger partial charge in [0.1, 0.15) is 11.6 Å². The number of hydrogen-bond acceptors (Lipinski definition) is 2. The Morgan fingerprint density at radius 1 is 0.935 bits per heavy atom. The molecule has 6 heteroatoms. The van der Waals surface area contributed by atoms with Crippen LogP contribution in [0.2, 0.25) is 0 Å². The van der Waals surface area contributed by atoms with E-state index in [4.69, 9.17) is 0 Å². The van der Waals surface area contributed by atoms with Gasteiger partial charge in [-0.25, -0.2) is 13.6 Å². The van der Waals surface area contributed by atoms with Crippen molar-refractivity contribution < 1.29 is 13.6 Å². The highest BCUT2D eigenvalue weighted by Crippen LogP contribution is 2.31. The van der Waals surface area contributed by atoms with E-state index >= 15 is 0 Å².